The van der Waals surface area contributed by atoms with E-state index in [-0.39, 0.29) is 4.68 Å². The normalized spacial score (nSPS) is 12.9. The van der Waals surface area contributed by atoms with Crippen LogP contribution in [0.4, 0.5) is 22.4 Å². The lowest BCUT2D eigenvalue weighted by molar-refractivity contribution is -0.141. The Bertz CT molecular complexity index is 606. The monoisotopic (exact) mass is 312 g/mol. The third-order valence-corrected chi connectivity index (χ3v) is 2.37. The van der Waals surface area contributed by atoms with Gasteiger partial charge in [-0.1, -0.05) is 0 Å². The van der Waals surface area contributed by atoms with Crippen molar-refractivity contribution in [3.05, 3.63) is 21.9 Å². The summed E-state index contributed by atoms with van der Waals surface area (Å²) in [6, 6.07) is -0.865. The van der Waals surface area contributed by atoms with Gasteiger partial charge in [-0.05, 0) is 34.6 Å². The Labute approximate surface area is 118 Å². The minimum absolute atomic E-state index is 0.0128. The average Bonchev–Trinajstić information content (AvgIpc) is 2.46. The molecule has 120 valence electrons. The summed E-state index contributed by atoms with van der Waals surface area (Å²) in [4.78, 5) is 23.6. The lowest BCUT2D eigenvalue weighted by atomic mass is 10.2. The number of carbonyl (C=O) groups is 1. The zero-order valence-corrected chi connectivity index (χ0v) is 12.2. The number of nitrogens with zero attached hydrogens (tertiary/aromatic N) is 2. The summed E-state index contributed by atoms with van der Waals surface area (Å²) in [6.07, 6.45) is -6.59. The van der Waals surface area contributed by atoms with Gasteiger partial charge < -0.3 is 4.74 Å². The number of hydrogen-bond acceptors (Lipinski definition) is 3. The number of hydrogen-bond donors (Lipinski definition) is 0. The molecule has 0 amide bonds. The minimum atomic E-state index is -5.20. The first kappa shape index (κ1) is 17.3. The molecule has 21 heavy (non-hydrogen) atoms. The van der Waals surface area contributed by atoms with Crippen molar-refractivity contribution in [2.75, 3.05) is 0 Å². The molecule has 0 radical (unpaired) electrons. The topological polar surface area (TPSA) is 53.2 Å². The Kier molecular flexibility index (Phi) is 4.27. The van der Waals surface area contributed by atoms with E-state index in [2.05, 4.69) is 0 Å². The third-order valence-electron chi connectivity index (χ3n) is 2.37. The van der Waals surface area contributed by atoms with Crippen LogP contribution in [-0.4, -0.2) is 21.1 Å². The van der Waals surface area contributed by atoms with Crippen LogP contribution < -0.4 is 5.56 Å². The van der Waals surface area contributed by atoms with Gasteiger partial charge >= 0.3 is 12.3 Å². The Hall–Kier alpha value is -1.80. The molecular formula is C12H16F4N2O3. The maximum absolute atomic E-state index is 14.0. The zero-order valence-electron chi connectivity index (χ0n) is 12.2. The molecule has 0 aromatic carbocycles. The molecule has 0 fully saturated rings. The van der Waals surface area contributed by atoms with Crippen molar-refractivity contribution < 1.29 is 27.1 Å². The highest BCUT2D eigenvalue weighted by molar-refractivity contribution is 5.70. The summed E-state index contributed by atoms with van der Waals surface area (Å²) in [5.41, 5.74) is -4.69. The number of alkyl halides is 3. The zero-order chi connectivity index (χ0) is 16.7. The molecule has 0 atom stereocenters. The first-order chi connectivity index (χ1) is 9.27. The molecular weight excluding hydrogens is 296 g/mol. The minimum Gasteiger partial charge on any atom is -0.442 e. The molecule has 0 bridgehead atoms. The second-order valence-corrected chi connectivity index (χ2v) is 5.70. The quantitative estimate of drug-likeness (QED) is 0.748. The van der Waals surface area contributed by atoms with Crippen LogP contribution in [0.5, 0.6) is 0 Å². The summed E-state index contributed by atoms with van der Waals surface area (Å²) < 4.78 is 57.4. The molecule has 0 saturated heterocycles. The summed E-state index contributed by atoms with van der Waals surface area (Å²) >= 11 is 0. The Morgan fingerprint density at radius 3 is 2.00 bits per heavy atom. The first-order valence-corrected chi connectivity index (χ1v) is 6.11. The molecule has 0 aliphatic heterocycles. The molecule has 0 N–H and O–H groups in total. The van der Waals surface area contributed by atoms with Gasteiger partial charge in [0.2, 0.25) is 5.95 Å². The van der Waals surface area contributed by atoms with E-state index in [1.165, 1.54) is 34.6 Å². The van der Waals surface area contributed by atoms with Crippen LogP contribution in [0.15, 0.2) is 4.79 Å². The fraction of sp³-hybridized carbons (Fsp3) is 0.667. The molecule has 0 aliphatic rings. The van der Waals surface area contributed by atoms with Gasteiger partial charge in [0, 0.05) is 6.04 Å². The van der Waals surface area contributed by atoms with E-state index >= 15 is 0 Å². The van der Waals surface area contributed by atoms with E-state index in [1.807, 2.05) is 0 Å². The van der Waals surface area contributed by atoms with Crippen LogP contribution in [0.1, 0.15) is 46.2 Å². The molecule has 1 rings (SSSR count). The fourth-order valence-electron chi connectivity index (χ4n) is 1.67. The Balaban J connectivity index is 3.59. The predicted octanol–water partition coefficient (Wildman–Crippen LogP) is 3.17. The summed E-state index contributed by atoms with van der Waals surface area (Å²) in [6.45, 7) is 7.10. The molecule has 1 aromatic heterocycles. The number of ether oxygens (including phenoxy) is 1. The van der Waals surface area contributed by atoms with Crippen LogP contribution in [0.2, 0.25) is 0 Å². The smallest absolute Gasteiger partial charge is 0.436 e. The number of carbonyl (C=O) groups excluding carboxylic acids is 1. The molecule has 0 saturated carbocycles. The van der Waals surface area contributed by atoms with Crippen molar-refractivity contribution in [3.63, 3.8) is 0 Å². The highest BCUT2D eigenvalue weighted by Gasteiger charge is 2.43. The van der Waals surface area contributed by atoms with Gasteiger partial charge in [-0.2, -0.15) is 22.2 Å². The molecule has 1 aromatic rings. The van der Waals surface area contributed by atoms with Gasteiger partial charge in [-0.3, -0.25) is 4.79 Å². The lowest BCUT2D eigenvalue weighted by Crippen LogP contribution is -2.35. The van der Waals surface area contributed by atoms with E-state index in [0.717, 1.165) is 0 Å². The van der Waals surface area contributed by atoms with Crippen LogP contribution in [-0.2, 0) is 10.9 Å². The van der Waals surface area contributed by atoms with Crippen LogP contribution in [0.3, 0.4) is 0 Å². The fourth-order valence-corrected chi connectivity index (χ4v) is 1.67. The van der Waals surface area contributed by atoms with Gasteiger partial charge in [0.15, 0.2) is 5.56 Å². The van der Waals surface area contributed by atoms with Gasteiger partial charge in [0.25, 0.3) is 5.56 Å². The molecule has 0 aliphatic carbocycles. The van der Waals surface area contributed by atoms with Crippen LogP contribution in [0, 0.1) is 5.95 Å². The molecule has 9 heteroatoms. The van der Waals surface area contributed by atoms with Gasteiger partial charge in [-0.15, -0.1) is 0 Å². The highest BCUT2D eigenvalue weighted by atomic mass is 19.4. The molecule has 1 heterocycles. The van der Waals surface area contributed by atoms with E-state index in [0.29, 0.717) is 4.68 Å². The number of aromatic nitrogens is 2. The van der Waals surface area contributed by atoms with Crippen molar-refractivity contribution in [2.24, 2.45) is 0 Å². The predicted molar refractivity (Wildman–Crippen MR) is 65.7 cm³/mol. The van der Waals surface area contributed by atoms with Crippen LogP contribution in [0.25, 0.3) is 0 Å². The summed E-state index contributed by atoms with van der Waals surface area (Å²) in [5.74, 6) is -1.98. The van der Waals surface area contributed by atoms with E-state index < -0.39 is 41.0 Å². The first-order valence-electron chi connectivity index (χ1n) is 6.11. The SMILES string of the molecule is CC(C)n1c(=O)c(C(F)(F)F)c(F)n1C(=O)OC(C)(C)C. The van der Waals surface area contributed by atoms with Crippen LogP contribution >= 0.6 is 0 Å². The second kappa shape index (κ2) is 5.19. The highest BCUT2D eigenvalue weighted by Crippen LogP contribution is 2.30. The summed E-state index contributed by atoms with van der Waals surface area (Å²) in [7, 11) is 0. The Morgan fingerprint density at radius 2 is 1.67 bits per heavy atom. The average molecular weight is 312 g/mol. The van der Waals surface area contributed by atoms with Crippen molar-refractivity contribution in [3.8, 4) is 0 Å². The van der Waals surface area contributed by atoms with E-state index in [1.54, 1.807) is 0 Å². The van der Waals surface area contributed by atoms with Crippen molar-refractivity contribution >= 4 is 6.09 Å². The van der Waals surface area contributed by atoms with Gasteiger partial charge in [-0.25, -0.2) is 9.48 Å². The standard InChI is InChI=1S/C12H16F4N2O3/c1-6(2)17-9(19)7(12(14,15)16)8(13)18(17)10(20)21-11(3,4)5/h6H,1-5H3. The number of rotatable bonds is 1. The maximum atomic E-state index is 14.0. The van der Waals surface area contributed by atoms with Gasteiger partial charge in [0.05, 0.1) is 0 Å². The summed E-state index contributed by atoms with van der Waals surface area (Å²) in [5, 5.41) is 0. The van der Waals surface area contributed by atoms with Crippen molar-refractivity contribution in [1.29, 1.82) is 0 Å². The third kappa shape index (κ3) is 3.45. The van der Waals surface area contributed by atoms with E-state index in [4.69, 9.17) is 4.74 Å². The second-order valence-electron chi connectivity index (χ2n) is 5.70. The lowest BCUT2D eigenvalue weighted by Gasteiger charge is -2.21. The van der Waals surface area contributed by atoms with Crippen molar-refractivity contribution in [2.45, 2.75) is 52.4 Å². The van der Waals surface area contributed by atoms with Crippen molar-refractivity contribution in [1.82, 2.24) is 9.36 Å². The van der Waals surface area contributed by atoms with Gasteiger partial charge in [0.1, 0.15) is 5.60 Å². The maximum Gasteiger partial charge on any atom is 0.436 e. The van der Waals surface area contributed by atoms with E-state index in [9.17, 15) is 27.2 Å². The molecule has 0 spiro atoms. The molecule has 0 unspecified atom stereocenters. The molecule has 5 nitrogen and oxygen atoms in total. The largest absolute Gasteiger partial charge is 0.442 e. The Morgan fingerprint density at radius 1 is 1.19 bits per heavy atom. The number of halogens is 4.